The molecule has 1 saturated heterocycles. The molecule has 4 rings (SSSR count). The second kappa shape index (κ2) is 8.30. The summed E-state index contributed by atoms with van der Waals surface area (Å²) < 4.78 is 0. The van der Waals surface area contributed by atoms with Crippen LogP contribution in [0.25, 0.3) is 0 Å². The first kappa shape index (κ1) is 20.1. The fourth-order valence-corrected chi connectivity index (χ4v) is 3.75. The number of hydrogen-bond donors (Lipinski definition) is 2. The van der Waals surface area contributed by atoms with Crippen LogP contribution in [0.3, 0.4) is 0 Å². The average molecular weight is 425 g/mol. The monoisotopic (exact) mass is 424 g/mol. The topological polar surface area (TPSA) is 81.8 Å². The molecule has 0 bridgehead atoms. The van der Waals surface area contributed by atoms with Gasteiger partial charge in [-0.2, -0.15) is 0 Å². The maximum Gasteiger partial charge on any atom is 0.251 e. The maximum absolute atomic E-state index is 12.9. The molecule has 30 heavy (non-hydrogen) atoms. The van der Waals surface area contributed by atoms with Crippen LogP contribution in [0.5, 0.6) is 0 Å². The van der Waals surface area contributed by atoms with Crippen molar-refractivity contribution < 1.29 is 14.4 Å². The molecule has 2 heterocycles. The number of fused-ring (bicyclic) bond motifs is 1. The summed E-state index contributed by atoms with van der Waals surface area (Å²) in [6, 6.07) is 13.8. The number of hydrogen-bond acceptors (Lipinski definition) is 5. The number of benzene rings is 2. The number of rotatable bonds is 5. The number of carbonyl (C=O) groups excluding carboxylic acids is 3. The lowest BCUT2D eigenvalue weighted by atomic mass is 10.0. The maximum atomic E-state index is 12.9. The SMILES string of the molecule is CC(=O)c1ccc(NC(=O)CN2C=CN3NC(c4ccc(Cl)cc4)CC3C2=O)cc1. The lowest BCUT2D eigenvalue weighted by molar-refractivity contribution is -0.137. The number of hydrazine groups is 1. The van der Waals surface area contributed by atoms with Gasteiger partial charge in [0.25, 0.3) is 5.91 Å². The van der Waals surface area contributed by atoms with Crippen molar-refractivity contribution in [3.05, 3.63) is 77.1 Å². The summed E-state index contributed by atoms with van der Waals surface area (Å²) in [6.45, 7) is 1.40. The highest BCUT2D eigenvalue weighted by molar-refractivity contribution is 6.30. The van der Waals surface area contributed by atoms with Gasteiger partial charge >= 0.3 is 0 Å². The predicted molar refractivity (Wildman–Crippen MR) is 114 cm³/mol. The Hall–Kier alpha value is -3.16. The largest absolute Gasteiger partial charge is 0.325 e. The van der Waals surface area contributed by atoms with E-state index in [2.05, 4.69) is 10.7 Å². The molecule has 0 aliphatic carbocycles. The van der Waals surface area contributed by atoms with E-state index in [0.717, 1.165) is 5.56 Å². The molecule has 0 aromatic heterocycles. The van der Waals surface area contributed by atoms with Crippen LogP contribution in [0.4, 0.5) is 5.69 Å². The molecule has 0 saturated carbocycles. The van der Waals surface area contributed by atoms with Gasteiger partial charge in [-0.05, 0) is 55.3 Å². The molecule has 2 aromatic rings. The molecule has 7 nitrogen and oxygen atoms in total. The number of carbonyl (C=O) groups is 3. The van der Waals surface area contributed by atoms with Crippen molar-refractivity contribution in [2.45, 2.75) is 25.4 Å². The summed E-state index contributed by atoms with van der Waals surface area (Å²) in [5.74, 6) is -0.482. The van der Waals surface area contributed by atoms with Gasteiger partial charge in [-0.1, -0.05) is 23.7 Å². The molecular formula is C22H21ClN4O3. The van der Waals surface area contributed by atoms with Crippen molar-refractivity contribution in [2.75, 3.05) is 11.9 Å². The molecule has 2 aliphatic rings. The third-order valence-corrected chi connectivity index (χ3v) is 5.49. The van der Waals surface area contributed by atoms with Crippen LogP contribution in [0.2, 0.25) is 5.02 Å². The second-order valence-corrected chi connectivity index (χ2v) is 7.77. The van der Waals surface area contributed by atoms with Gasteiger partial charge in [-0.3, -0.25) is 14.4 Å². The quantitative estimate of drug-likeness (QED) is 0.721. The molecule has 2 atom stereocenters. The van der Waals surface area contributed by atoms with E-state index in [1.807, 2.05) is 24.3 Å². The van der Waals surface area contributed by atoms with Crippen molar-refractivity contribution in [3.8, 4) is 0 Å². The summed E-state index contributed by atoms with van der Waals surface area (Å²) in [7, 11) is 0. The van der Waals surface area contributed by atoms with Crippen LogP contribution in [0.15, 0.2) is 60.9 Å². The molecule has 0 radical (unpaired) electrons. The normalized spacial score (nSPS) is 20.3. The van der Waals surface area contributed by atoms with Crippen molar-refractivity contribution >= 4 is 34.9 Å². The highest BCUT2D eigenvalue weighted by Crippen LogP contribution is 2.31. The fourth-order valence-electron chi connectivity index (χ4n) is 3.62. The smallest absolute Gasteiger partial charge is 0.251 e. The zero-order valence-corrected chi connectivity index (χ0v) is 17.1. The van der Waals surface area contributed by atoms with E-state index in [-0.39, 0.29) is 36.2 Å². The van der Waals surface area contributed by atoms with Gasteiger partial charge in [-0.25, -0.2) is 5.43 Å². The first-order valence-corrected chi connectivity index (χ1v) is 9.98. The van der Waals surface area contributed by atoms with Gasteiger partial charge in [0, 0.05) is 28.7 Å². The van der Waals surface area contributed by atoms with E-state index in [4.69, 9.17) is 11.6 Å². The first-order valence-electron chi connectivity index (χ1n) is 9.60. The average Bonchev–Trinajstić information content (AvgIpc) is 3.16. The van der Waals surface area contributed by atoms with Crippen molar-refractivity contribution in [1.82, 2.24) is 15.3 Å². The summed E-state index contributed by atoms with van der Waals surface area (Å²) >= 11 is 5.95. The van der Waals surface area contributed by atoms with Gasteiger partial charge in [-0.15, -0.1) is 0 Å². The predicted octanol–water partition coefficient (Wildman–Crippen LogP) is 3.11. The fraction of sp³-hybridized carbons (Fsp3) is 0.227. The molecule has 2 unspecified atom stereocenters. The number of nitrogens with zero attached hydrogens (tertiary/aromatic N) is 2. The van der Waals surface area contributed by atoms with Gasteiger partial charge < -0.3 is 15.2 Å². The summed E-state index contributed by atoms with van der Waals surface area (Å²) in [4.78, 5) is 38.1. The minimum atomic E-state index is -0.377. The van der Waals surface area contributed by atoms with Crippen molar-refractivity contribution in [2.24, 2.45) is 0 Å². The van der Waals surface area contributed by atoms with E-state index < -0.39 is 0 Å². The number of nitrogens with one attached hydrogen (secondary N) is 2. The third kappa shape index (κ3) is 4.22. The molecule has 1 fully saturated rings. The Labute approximate surface area is 179 Å². The van der Waals surface area contributed by atoms with Crippen LogP contribution in [-0.4, -0.2) is 40.1 Å². The molecule has 0 spiro atoms. The van der Waals surface area contributed by atoms with Crippen LogP contribution in [0.1, 0.15) is 35.3 Å². The van der Waals surface area contributed by atoms with E-state index in [1.165, 1.54) is 11.8 Å². The highest BCUT2D eigenvalue weighted by Gasteiger charge is 2.40. The lowest BCUT2D eigenvalue weighted by Crippen LogP contribution is -2.49. The Balaban J connectivity index is 1.37. The number of ketones is 1. The minimum Gasteiger partial charge on any atom is -0.325 e. The summed E-state index contributed by atoms with van der Waals surface area (Å²) in [5.41, 5.74) is 5.51. The zero-order valence-electron chi connectivity index (χ0n) is 16.3. The number of halogens is 1. The van der Waals surface area contributed by atoms with Crippen LogP contribution < -0.4 is 10.7 Å². The number of Topliss-reactive ketones (excluding diaryl/α,β-unsaturated/α-hetero) is 1. The minimum absolute atomic E-state index is 0.00515. The van der Waals surface area contributed by atoms with Gasteiger partial charge in [0.15, 0.2) is 5.78 Å². The molecule has 154 valence electrons. The van der Waals surface area contributed by atoms with Crippen molar-refractivity contribution in [1.29, 1.82) is 0 Å². The second-order valence-electron chi connectivity index (χ2n) is 7.34. The van der Waals surface area contributed by atoms with Gasteiger partial charge in [0.05, 0.1) is 6.04 Å². The first-order chi connectivity index (χ1) is 14.4. The van der Waals surface area contributed by atoms with E-state index in [1.54, 1.807) is 41.7 Å². The molecule has 2 N–H and O–H groups in total. The van der Waals surface area contributed by atoms with Crippen LogP contribution in [-0.2, 0) is 9.59 Å². The van der Waals surface area contributed by atoms with E-state index >= 15 is 0 Å². The summed E-state index contributed by atoms with van der Waals surface area (Å²) in [5, 5.41) is 5.21. The number of amides is 2. The molecule has 8 heteroatoms. The van der Waals surface area contributed by atoms with E-state index in [9.17, 15) is 14.4 Å². The highest BCUT2D eigenvalue weighted by atomic mass is 35.5. The molecular weight excluding hydrogens is 404 g/mol. The molecule has 2 aromatic carbocycles. The Morgan fingerprint density at radius 3 is 2.47 bits per heavy atom. The van der Waals surface area contributed by atoms with Crippen LogP contribution >= 0.6 is 11.6 Å². The molecule has 2 amide bonds. The Kier molecular flexibility index (Phi) is 5.57. The van der Waals surface area contributed by atoms with Gasteiger partial charge in [0.1, 0.15) is 12.6 Å². The van der Waals surface area contributed by atoms with Gasteiger partial charge in [0.2, 0.25) is 5.91 Å². The lowest BCUT2D eigenvalue weighted by Gasteiger charge is -2.31. The summed E-state index contributed by atoms with van der Waals surface area (Å²) in [6.07, 6.45) is 3.97. The van der Waals surface area contributed by atoms with Crippen molar-refractivity contribution in [3.63, 3.8) is 0 Å². The molecule has 2 aliphatic heterocycles. The van der Waals surface area contributed by atoms with Crippen LogP contribution in [0, 0.1) is 0 Å². The Morgan fingerprint density at radius 1 is 1.10 bits per heavy atom. The Morgan fingerprint density at radius 2 is 1.80 bits per heavy atom. The standard InChI is InChI=1S/C22H21ClN4O3/c1-14(28)15-4-8-18(9-5-15)24-21(29)13-26-10-11-27-20(22(26)30)12-19(25-27)16-2-6-17(23)7-3-16/h2-11,19-20,25H,12-13H2,1H3,(H,24,29). The Bertz CT molecular complexity index is 1000. The third-order valence-electron chi connectivity index (χ3n) is 5.24. The number of anilines is 1. The van der Waals surface area contributed by atoms with E-state index in [0.29, 0.717) is 22.7 Å². The zero-order chi connectivity index (χ0) is 21.3.